The molecule has 5 heteroatoms. The average Bonchev–Trinajstić information content (AvgIpc) is 2.78. The zero-order chi connectivity index (χ0) is 11.4. The van der Waals surface area contributed by atoms with Crippen LogP contribution < -0.4 is 4.74 Å². The van der Waals surface area contributed by atoms with E-state index in [0.717, 1.165) is 17.1 Å². The highest BCUT2D eigenvalue weighted by atomic mass is 16.5. The van der Waals surface area contributed by atoms with E-state index in [4.69, 9.17) is 9.84 Å². The lowest BCUT2D eigenvalue weighted by Crippen LogP contribution is -1.98. The Morgan fingerprint density at radius 2 is 2.19 bits per heavy atom. The van der Waals surface area contributed by atoms with Crippen LogP contribution in [0.25, 0.3) is 5.69 Å². The first-order valence-corrected chi connectivity index (χ1v) is 5.00. The molecule has 0 radical (unpaired) electrons. The summed E-state index contributed by atoms with van der Waals surface area (Å²) < 4.78 is 6.87. The number of benzene rings is 1. The molecule has 0 saturated heterocycles. The van der Waals surface area contributed by atoms with Crippen molar-refractivity contribution in [2.24, 2.45) is 0 Å². The Kier molecular flexibility index (Phi) is 3.16. The lowest BCUT2D eigenvalue weighted by Gasteiger charge is -2.06. The van der Waals surface area contributed by atoms with Crippen LogP contribution in [0.15, 0.2) is 30.5 Å². The van der Waals surface area contributed by atoms with Gasteiger partial charge in [-0.1, -0.05) is 17.3 Å². The maximum atomic E-state index is 8.80. The van der Waals surface area contributed by atoms with Gasteiger partial charge in [-0.15, -0.1) is 5.10 Å². The maximum absolute atomic E-state index is 8.80. The topological polar surface area (TPSA) is 60.2 Å². The number of aliphatic hydroxyl groups excluding tert-OH is 1. The van der Waals surface area contributed by atoms with Crippen LogP contribution in [-0.2, 0) is 6.42 Å². The van der Waals surface area contributed by atoms with E-state index in [2.05, 4.69) is 10.3 Å². The largest absolute Gasteiger partial charge is 0.494 e. The smallest absolute Gasteiger partial charge is 0.144 e. The Bertz CT molecular complexity index is 468. The molecule has 5 nitrogen and oxygen atoms in total. The Morgan fingerprint density at radius 1 is 1.38 bits per heavy atom. The van der Waals surface area contributed by atoms with Crippen LogP contribution in [-0.4, -0.2) is 33.8 Å². The van der Waals surface area contributed by atoms with Gasteiger partial charge in [0.1, 0.15) is 11.4 Å². The van der Waals surface area contributed by atoms with Crippen molar-refractivity contribution >= 4 is 0 Å². The molecule has 1 aromatic heterocycles. The molecule has 0 saturated carbocycles. The van der Waals surface area contributed by atoms with Gasteiger partial charge in [0.25, 0.3) is 0 Å². The first-order chi connectivity index (χ1) is 7.85. The summed E-state index contributed by atoms with van der Waals surface area (Å²) in [6.45, 7) is 0.0740. The van der Waals surface area contributed by atoms with Crippen LogP contribution in [0.5, 0.6) is 5.75 Å². The standard InChI is InChI=1S/C11H13N3O2/c1-16-11-5-3-2-4-10(11)14-8-9(6-7-15)12-13-14/h2-5,8,15H,6-7H2,1H3. The van der Waals surface area contributed by atoms with Crippen LogP contribution in [0.2, 0.25) is 0 Å². The Balaban J connectivity index is 2.34. The first-order valence-electron chi connectivity index (χ1n) is 5.00. The molecule has 0 aliphatic carbocycles. The van der Waals surface area contributed by atoms with Gasteiger partial charge in [0.2, 0.25) is 0 Å². The van der Waals surface area contributed by atoms with Crippen molar-refractivity contribution in [1.29, 1.82) is 0 Å². The molecule has 0 atom stereocenters. The average molecular weight is 219 g/mol. The number of hydrogen-bond acceptors (Lipinski definition) is 4. The molecule has 2 rings (SSSR count). The number of nitrogens with zero attached hydrogens (tertiary/aromatic N) is 3. The van der Waals surface area contributed by atoms with Gasteiger partial charge < -0.3 is 9.84 Å². The van der Waals surface area contributed by atoms with E-state index in [-0.39, 0.29) is 6.61 Å². The third kappa shape index (κ3) is 2.04. The molecule has 0 unspecified atom stereocenters. The van der Waals surface area contributed by atoms with Gasteiger partial charge in [0.05, 0.1) is 19.0 Å². The minimum atomic E-state index is 0.0740. The van der Waals surface area contributed by atoms with E-state index in [0.29, 0.717) is 6.42 Å². The zero-order valence-corrected chi connectivity index (χ0v) is 9.00. The van der Waals surface area contributed by atoms with E-state index in [9.17, 15) is 0 Å². The van der Waals surface area contributed by atoms with E-state index in [1.165, 1.54) is 0 Å². The van der Waals surface area contributed by atoms with Crippen LogP contribution in [0, 0.1) is 0 Å². The minimum Gasteiger partial charge on any atom is -0.494 e. The second-order valence-corrected chi connectivity index (χ2v) is 3.30. The summed E-state index contributed by atoms with van der Waals surface area (Å²) in [5.41, 5.74) is 1.59. The third-order valence-corrected chi connectivity index (χ3v) is 2.24. The van der Waals surface area contributed by atoms with E-state index in [1.54, 1.807) is 18.0 Å². The summed E-state index contributed by atoms with van der Waals surface area (Å²) in [5.74, 6) is 0.739. The number of methoxy groups -OCH3 is 1. The highest BCUT2D eigenvalue weighted by Gasteiger charge is 2.06. The van der Waals surface area contributed by atoms with E-state index in [1.807, 2.05) is 24.3 Å². The van der Waals surface area contributed by atoms with Gasteiger partial charge in [-0.3, -0.25) is 0 Å². The van der Waals surface area contributed by atoms with Crippen LogP contribution in [0.1, 0.15) is 5.69 Å². The van der Waals surface area contributed by atoms with Crippen LogP contribution in [0.4, 0.5) is 0 Å². The number of aliphatic hydroxyl groups is 1. The van der Waals surface area contributed by atoms with Gasteiger partial charge in [0, 0.05) is 13.0 Å². The summed E-state index contributed by atoms with van der Waals surface area (Å²) in [4.78, 5) is 0. The molecule has 0 bridgehead atoms. The Labute approximate surface area is 93.3 Å². The second-order valence-electron chi connectivity index (χ2n) is 3.30. The van der Waals surface area contributed by atoms with Crippen LogP contribution >= 0.6 is 0 Å². The lowest BCUT2D eigenvalue weighted by atomic mass is 10.3. The van der Waals surface area contributed by atoms with E-state index >= 15 is 0 Å². The fraction of sp³-hybridized carbons (Fsp3) is 0.273. The third-order valence-electron chi connectivity index (χ3n) is 2.24. The van der Waals surface area contributed by atoms with Crippen molar-refractivity contribution in [1.82, 2.24) is 15.0 Å². The van der Waals surface area contributed by atoms with Gasteiger partial charge in [0.15, 0.2) is 0 Å². The molecule has 16 heavy (non-hydrogen) atoms. The summed E-state index contributed by atoms with van der Waals surface area (Å²) in [7, 11) is 1.62. The van der Waals surface area contributed by atoms with Gasteiger partial charge >= 0.3 is 0 Å². The molecule has 84 valence electrons. The maximum Gasteiger partial charge on any atom is 0.144 e. The fourth-order valence-electron chi connectivity index (χ4n) is 1.46. The first kappa shape index (κ1) is 10.6. The summed E-state index contributed by atoms with van der Waals surface area (Å²) in [5, 5.41) is 16.7. The highest BCUT2D eigenvalue weighted by Crippen LogP contribution is 2.20. The molecule has 0 fully saturated rings. The lowest BCUT2D eigenvalue weighted by molar-refractivity contribution is 0.298. The normalized spacial score (nSPS) is 10.4. The predicted molar refractivity (Wildman–Crippen MR) is 58.7 cm³/mol. The SMILES string of the molecule is COc1ccccc1-n1cc(CCO)nn1. The quantitative estimate of drug-likeness (QED) is 0.826. The van der Waals surface area contributed by atoms with Crippen molar-refractivity contribution in [3.05, 3.63) is 36.2 Å². The number of aromatic nitrogens is 3. The number of hydrogen-bond donors (Lipinski definition) is 1. The summed E-state index contributed by atoms with van der Waals surface area (Å²) >= 11 is 0. The molecule has 0 amide bonds. The molecule has 1 N–H and O–H groups in total. The second kappa shape index (κ2) is 4.76. The Morgan fingerprint density at radius 3 is 2.94 bits per heavy atom. The molecule has 1 aromatic carbocycles. The van der Waals surface area contributed by atoms with Crippen molar-refractivity contribution in [2.75, 3.05) is 13.7 Å². The molecule has 2 aromatic rings. The van der Waals surface area contributed by atoms with Crippen molar-refractivity contribution in [3.8, 4) is 11.4 Å². The molecular weight excluding hydrogens is 206 g/mol. The summed E-state index contributed by atoms with van der Waals surface area (Å²) in [6, 6.07) is 7.57. The van der Waals surface area contributed by atoms with Crippen molar-refractivity contribution < 1.29 is 9.84 Å². The van der Waals surface area contributed by atoms with Gasteiger partial charge in [-0.05, 0) is 12.1 Å². The molecule has 1 heterocycles. The van der Waals surface area contributed by atoms with Crippen molar-refractivity contribution in [2.45, 2.75) is 6.42 Å². The highest BCUT2D eigenvalue weighted by molar-refractivity contribution is 5.45. The van der Waals surface area contributed by atoms with Crippen LogP contribution in [0.3, 0.4) is 0 Å². The molecule has 0 aliphatic heterocycles. The van der Waals surface area contributed by atoms with Gasteiger partial charge in [-0.2, -0.15) is 0 Å². The van der Waals surface area contributed by atoms with Crippen molar-refractivity contribution in [3.63, 3.8) is 0 Å². The van der Waals surface area contributed by atoms with E-state index < -0.39 is 0 Å². The molecule has 0 spiro atoms. The number of ether oxygens (including phenoxy) is 1. The minimum absolute atomic E-state index is 0.0740. The molecular formula is C11H13N3O2. The number of para-hydroxylation sites is 2. The zero-order valence-electron chi connectivity index (χ0n) is 9.00. The number of rotatable bonds is 4. The monoisotopic (exact) mass is 219 g/mol. The predicted octanol–water partition coefficient (Wildman–Crippen LogP) is 0.811. The Hall–Kier alpha value is -1.88. The summed E-state index contributed by atoms with van der Waals surface area (Å²) in [6.07, 6.45) is 2.29. The molecule has 0 aliphatic rings. The fourth-order valence-corrected chi connectivity index (χ4v) is 1.46. The van der Waals surface area contributed by atoms with Gasteiger partial charge in [-0.25, -0.2) is 4.68 Å².